The largest absolute Gasteiger partial charge is 0.0722 e. The maximum atomic E-state index is 2.34. The standard InChI is InChI=1S/C12H17P/c1-2-11-9-6-10-13(11)12-7-4-3-5-8-12/h3-5,7-8,11H,2,6,9-10H2,1H3/t11-,13+/m0/s1. The Morgan fingerprint density at radius 2 is 2.08 bits per heavy atom. The Balaban J connectivity index is 2.16. The highest BCUT2D eigenvalue weighted by atomic mass is 31.1. The second-order valence-corrected chi connectivity index (χ2v) is 6.37. The van der Waals surface area contributed by atoms with Crippen molar-refractivity contribution in [3.8, 4) is 0 Å². The van der Waals surface area contributed by atoms with Gasteiger partial charge in [0, 0.05) is 0 Å². The molecule has 0 bridgehead atoms. The first kappa shape index (κ1) is 9.21. The summed E-state index contributed by atoms with van der Waals surface area (Å²) in [5.74, 6) is 0. The van der Waals surface area contributed by atoms with Crippen molar-refractivity contribution >= 4 is 13.2 Å². The zero-order valence-electron chi connectivity index (χ0n) is 8.24. The van der Waals surface area contributed by atoms with Crippen molar-refractivity contribution in [2.75, 3.05) is 6.16 Å². The van der Waals surface area contributed by atoms with E-state index in [0.717, 1.165) is 5.66 Å². The minimum absolute atomic E-state index is 0.196. The first-order valence-corrected chi connectivity index (χ1v) is 6.83. The lowest BCUT2D eigenvalue weighted by Gasteiger charge is -2.18. The van der Waals surface area contributed by atoms with Crippen LogP contribution in [0.25, 0.3) is 0 Å². The van der Waals surface area contributed by atoms with E-state index >= 15 is 0 Å². The van der Waals surface area contributed by atoms with Crippen molar-refractivity contribution in [3.05, 3.63) is 30.3 Å². The first-order chi connectivity index (χ1) is 6.42. The number of benzene rings is 1. The minimum Gasteiger partial charge on any atom is -0.0722 e. The van der Waals surface area contributed by atoms with E-state index in [1.54, 1.807) is 5.30 Å². The van der Waals surface area contributed by atoms with E-state index in [2.05, 4.69) is 37.3 Å². The minimum atomic E-state index is 0.196. The van der Waals surface area contributed by atoms with Crippen LogP contribution in [-0.4, -0.2) is 11.8 Å². The van der Waals surface area contributed by atoms with E-state index in [9.17, 15) is 0 Å². The Morgan fingerprint density at radius 3 is 2.77 bits per heavy atom. The highest BCUT2D eigenvalue weighted by Crippen LogP contribution is 2.50. The van der Waals surface area contributed by atoms with Gasteiger partial charge in [-0.05, 0) is 36.4 Å². The Morgan fingerprint density at radius 1 is 1.31 bits per heavy atom. The van der Waals surface area contributed by atoms with Gasteiger partial charge in [-0.25, -0.2) is 0 Å². The molecule has 1 aliphatic heterocycles. The summed E-state index contributed by atoms with van der Waals surface area (Å²) in [6.45, 7) is 2.34. The maximum absolute atomic E-state index is 2.34. The third-order valence-electron chi connectivity index (χ3n) is 2.94. The third kappa shape index (κ3) is 1.94. The Bertz CT molecular complexity index is 255. The third-order valence-corrected chi connectivity index (χ3v) is 6.20. The van der Waals surface area contributed by atoms with E-state index in [4.69, 9.17) is 0 Å². The van der Waals surface area contributed by atoms with E-state index in [0.29, 0.717) is 0 Å². The smallest absolute Gasteiger partial charge is 0.0171 e. The fourth-order valence-electron chi connectivity index (χ4n) is 2.22. The molecule has 1 heteroatoms. The van der Waals surface area contributed by atoms with Crippen molar-refractivity contribution in [2.24, 2.45) is 0 Å². The number of hydrogen-bond acceptors (Lipinski definition) is 0. The van der Waals surface area contributed by atoms with Crippen molar-refractivity contribution in [2.45, 2.75) is 31.8 Å². The van der Waals surface area contributed by atoms with Crippen LogP contribution in [0.4, 0.5) is 0 Å². The Labute approximate surface area is 82.1 Å². The van der Waals surface area contributed by atoms with E-state index in [1.165, 1.54) is 25.4 Å². The molecule has 0 N–H and O–H groups in total. The number of hydrogen-bond donors (Lipinski definition) is 0. The van der Waals surface area contributed by atoms with Gasteiger partial charge in [0.05, 0.1) is 0 Å². The van der Waals surface area contributed by atoms with Crippen LogP contribution in [-0.2, 0) is 0 Å². The predicted molar refractivity (Wildman–Crippen MR) is 61.2 cm³/mol. The molecule has 1 saturated heterocycles. The van der Waals surface area contributed by atoms with Gasteiger partial charge in [-0.2, -0.15) is 0 Å². The molecule has 0 aromatic heterocycles. The fraction of sp³-hybridized carbons (Fsp3) is 0.500. The van der Waals surface area contributed by atoms with Crippen LogP contribution in [0.2, 0.25) is 0 Å². The number of rotatable bonds is 2. The Hall–Kier alpha value is -0.350. The molecule has 1 heterocycles. The molecule has 0 radical (unpaired) electrons. The molecular formula is C12H17P. The molecule has 0 saturated carbocycles. The summed E-state index contributed by atoms with van der Waals surface area (Å²) >= 11 is 0. The molecule has 0 unspecified atom stereocenters. The second-order valence-electron chi connectivity index (χ2n) is 3.73. The lowest BCUT2D eigenvalue weighted by atomic mass is 10.2. The Kier molecular flexibility index (Phi) is 3.01. The highest BCUT2D eigenvalue weighted by molar-refractivity contribution is 7.66. The molecule has 1 aliphatic rings. The average molecular weight is 192 g/mol. The van der Waals surface area contributed by atoms with Gasteiger partial charge in [-0.15, -0.1) is 0 Å². The zero-order chi connectivity index (χ0) is 9.10. The van der Waals surface area contributed by atoms with Gasteiger partial charge in [0.2, 0.25) is 0 Å². The molecule has 2 rings (SSSR count). The van der Waals surface area contributed by atoms with Gasteiger partial charge in [0.15, 0.2) is 0 Å². The lowest BCUT2D eigenvalue weighted by Crippen LogP contribution is -2.08. The predicted octanol–water partition coefficient (Wildman–Crippen LogP) is 3.37. The normalized spacial score (nSPS) is 27.8. The van der Waals surface area contributed by atoms with E-state index in [-0.39, 0.29) is 7.92 Å². The summed E-state index contributed by atoms with van der Waals surface area (Å²) in [7, 11) is 0.196. The zero-order valence-corrected chi connectivity index (χ0v) is 9.13. The molecule has 1 fully saturated rings. The SMILES string of the molecule is CC[C@H]1CCC[P@@]1c1ccccc1. The van der Waals surface area contributed by atoms with Gasteiger partial charge < -0.3 is 0 Å². The molecule has 0 aliphatic carbocycles. The first-order valence-electron chi connectivity index (χ1n) is 5.23. The van der Waals surface area contributed by atoms with Crippen LogP contribution < -0.4 is 5.30 Å². The summed E-state index contributed by atoms with van der Waals surface area (Å²) < 4.78 is 0. The monoisotopic (exact) mass is 192 g/mol. The average Bonchev–Trinajstić information content (AvgIpc) is 2.67. The van der Waals surface area contributed by atoms with Crippen LogP contribution in [0.1, 0.15) is 26.2 Å². The van der Waals surface area contributed by atoms with Crippen LogP contribution in [0.3, 0.4) is 0 Å². The van der Waals surface area contributed by atoms with Crippen molar-refractivity contribution in [1.82, 2.24) is 0 Å². The van der Waals surface area contributed by atoms with Gasteiger partial charge >= 0.3 is 0 Å². The van der Waals surface area contributed by atoms with Gasteiger partial charge in [0.25, 0.3) is 0 Å². The van der Waals surface area contributed by atoms with Crippen LogP contribution in [0, 0.1) is 0 Å². The van der Waals surface area contributed by atoms with Gasteiger partial charge in [0.1, 0.15) is 0 Å². The molecule has 0 nitrogen and oxygen atoms in total. The lowest BCUT2D eigenvalue weighted by molar-refractivity contribution is 0.756. The van der Waals surface area contributed by atoms with Crippen LogP contribution in [0.5, 0.6) is 0 Å². The summed E-state index contributed by atoms with van der Waals surface area (Å²) in [4.78, 5) is 0. The van der Waals surface area contributed by atoms with Crippen molar-refractivity contribution < 1.29 is 0 Å². The van der Waals surface area contributed by atoms with Crippen LogP contribution >= 0.6 is 7.92 Å². The fourth-order valence-corrected chi connectivity index (χ4v) is 5.28. The second kappa shape index (κ2) is 4.24. The summed E-state index contributed by atoms with van der Waals surface area (Å²) in [6, 6.07) is 11.1. The van der Waals surface area contributed by atoms with Crippen molar-refractivity contribution in [3.63, 3.8) is 0 Å². The summed E-state index contributed by atoms with van der Waals surface area (Å²) in [5.41, 5.74) is 1.01. The molecule has 0 spiro atoms. The summed E-state index contributed by atoms with van der Waals surface area (Å²) in [5, 5.41) is 1.63. The quantitative estimate of drug-likeness (QED) is 0.630. The molecular weight excluding hydrogens is 175 g/mol. The molecule has 2 atom stereocenters. The molecule has 1 aromatic rings. The topological polar surface area (TPSA) is 0 Å². The van der Waals surface area contributed by atoms with E-state index < -0.39 is 0 Å². The van der Waals surface area contributed by atoms with Crippen molar-refractivity contribution in [1.29, 1.82) is 0 Å². The molecule has 0 amide bonds. The van der Waals surface area contributed by atoms with Gasteiger partial charge in [-0.3, -0.25) is 0 Å². The highest BCUT2D eigenvalue weighted by Gasteiger charge is 2.25. The molecule has 13 heavy (non-hydrogen) atoms. The molecule has 70 valence electrons. The van der Waals surface area contributed by atoms with E-state index in [1.807, 2.05) is 0 Å². The molecule has 1 aromatic carbocycles. The van der Waals surface area contributed by atoms with Crippen LogP contribution in [0.15, 0.2) is 30.3 Å². The summed E-state index contributed by atoms with van der Waals surface area (Å²) in [6.07, 6.45) is 5.77. The maximum Gasteiger partial charge on any atom is -0.0171 e. The van der Waals surface area contributed by atoms with Gasteiger partial charge in [-0.1, -0.05) is 45.2 Å².